The fourth-order valence-electron chi connectivity index (χ4n) is 1.13. The first kappa shape index (κ1) is 12.5. The van der Waals surface area contributed by atoms with E-state index in [9.17, 15) is 0 Å². The van der Waals surface area contributed by atoms with Crippen LogP contribution in [0.1, 0.15) is 59.3 Å². The van der Waals surface area contributed by atoms with Crippen molar-refractivity contribution in [2.45, 2.75) is 59.3 Å². The van der Waals surface area contributed by atoms with Gasteiger partial charge in [0.15, 0.2) is 0 Å². The van der Waals surface area contributed by atoms with Crippen LogP contribution in [-0.4, -0.2) is 0 Å². The predicted molar refractivity (Wildman–Crippen MR) is 61.9 cm³/mol. The summed E-state index contributed by atoms with van der Waals surface area (Å²) in [6.07, 6.45) is 14.5. The fourth-order valence-corrected chi connectivity index (χ4v) is 1.13. The first-order chi connectivity index (χ1) is 6.31. The molecule has 0 aliphatic rings. The van der Waals surface area contributed by atoms with Gasteiger partial charge in [-0.1, -0.05) is 44.1 Å². The third-order valence-electron chi connectivity index (χ3n) is 2.25. The van der Waals surface area contributed by atoms with E-state index in [2.05, 4.69) is 39.0 Å². The van der Waals surface area contributed by atoms with Gasteiger partial charge in [0.1, 0.15) is 0 Å². The second-order valence-corrected chi connectivity index (χ2v) is 3.60. The Bertz CT molecular complexity index is 151. The molecule has 0 bridgehead atoms. The van der Waals surface area contributed by atoms with Crippen molar-refractivity contribution in [3.8, 4) is 0 Å². The van der Waals surface area contributed by atoms with E-state index >= 15 is 0 Å². The first-order valence-corrected chi connectivity index (χ1v) is 5.61. The smallest absolute Gasteiger partial charge is 0.0345 e. The molecule has 0 unspecified atom stereocenters. The fraction of sp³-hybridized carbons (Fsp3) is 0.692. The largest absolute Gasteiger partial charge is 0.0885 e. The molecule has 0 saturated carbocycles. The highest BCUT2D eigenvalue weighted by atomic mass is 13.9. The van der Waals surface area contributed by atoms with Crippen molar-refractivity contribution in [1.82, 2.24) is 0 Å². The van der Waals surface area contributed by atoms with Crippen LogP contribution < -0.4 is 0 Å². The summed E-state index contributed by atoms with van der Waals surface area (Å²) in [7, 11) is 0. The second kappa shape index (κ2) is 9.57. The standard InChI is InChI=1S/C13H24/c1-4-6-7-8-9-10-11-12-13(3)5-2/h7-8,12H,4-6,9-11H2,1-3H3. The summed E-state index contributed by atoms with van der Waals surface area (Å²) < 4.78 is 0. The van der Waals surface area contributed by atoms with Gasteiger partial charge in [0.2, 0.25) is 0 Å². The normalized spacial score (nSPS) is 12.7. The molecule has 0 amide bonds. The van der Waals surface area contributed by atoms with E-state index in [1.807, 2.05) is 0 Å². The lowest BCUT2D eigenvalue weighted by molar-refractivity contribution is 0.849. The lowest BCUT2D eigenvalue weighted by Gasteiger charge is -1.94. The SMILES string of the molecule is CCCC=CCCCC=C(C)CC. The molecule has 0 aromatic heterocycles. The maximum atomic E-state index is 2.37. The maximum absolute atomic E-state index is 2.37. The molecule has 0 heterocycles. The van der Waals surface area contributed by atoms with Crippen molar-refractivity contribution in [1.29, 1.82) is 0 Å². The van der Waals surface area contributed by atoms with Gasteiger partial charge in [0.25, 0.3) is 0 Å². The zero-order valence-electron chi connectivity index (χ0n) is 9.47. The minimum atomic E-state index is 1.20. The molecular weight excluding hydrogens is 156 g/mol. The lowest BCUT2D eigenvalue weighted by Crippen LogP contribution is -1.74. The van der Waals surface area contributed by atoms with Crippen molar-refractivity contribution < 1.29 is 0 Å². The highest BCUT2D eigenvalue weighted by Gasteiger charge is 1.84. The lowest BCUT2D eigenvalue weighted by atomic mass is 10.1. The van der Waals surface area contributed by atoms with E-state index < -0.39 is 0 Å². The van der Waals surface area contributed by atoms with Gasteiger partial charge < -0.3 is 0 Å². The number of rotatable bonds is 7. The van der Waals surface area contributed by atoms with Crippen LogP contribution in [0.15, 0.2) is 23.8 Å². The molecule has 0 N–H and O–H groups in total. The zero-order chi connectivity index (χ0) is 9.94. The molecule has 0 spiro atoms. The second-order valence-electron chi connectivity index (χ2n) is 3.60. The number of hydrogen-bond acceptors (Lipinski definition) is 0. The molecular formula is C13H24. The Morgan fingerprint density at radius 3 is 2.31 bits per heavy atom. The molecule has 0 aliphatic carbocycles. The third-order valence-corrected chi connectivity index (χ3v) is 2.25. The Morgan fingerprint density at radius 1 is 1.00 bits per heavy atom. The molecule has 0 fully saturated rings. The molecule has 0 radical (unpaired) electrons. The van der Waals surface area contributed by atoms with Gasteiger partial charge in [-0.25, -0.2) is 0 Å². The van der Waals surface area contributed by atoms with Crippen LogP contribution >= 0.6 is 0 Å². The predicted octanol–water partition coefficient (Wildman–Crippen LogP) is 4.87. The molecule has 0 aromatic rings. The Kier molecular flexibility index (Phi) is 9.18. The summed E-state index contributed by atoms with van der Waals surface area (Å²) in [5, 5.41) is 0. The average molecular weight is 180 g/mol. The summed E-state index contributed by atoms with van der Waals surface area (Å²) in [5.41, 5.74) is 1.53. The van der Waals surface area contributed by atoms with Gasteiger partial charge in [0.05, 0.1) is 0 Å². The summed E-state index contributed by atoms with van der Waals surface area (Å²) in [4.78, 5) is 0. The van der Waals surface area contributed by atoms with Crippen LogP contribution in [-0.2, 0) is 0 Å². The van der Waals surface area contributed by atoms with Crippen LogP contribution in [0.5, 0.6) is 0 Å². The summed E-state index contributed by atoms with van der Waals surface area (Å²) >= 11 is 0. The average Bonchev–Trinajstić information content (AvgIpc) is 2.16. The first-order valence-electron chi connectivity index (χ1n) is 5.61. The van der Waals surface area contributed by atoms with E-state index in [0.29, 0.717) is 0 Å². The molecule has 13 heavy (non-hydrogen) atoms. The van der Waals surface area contributed by atoms with Gasteiger partial charge in [-0.2, -0.15) is 0 Å². The van der Waals surface area contributed by atoms with Crippen LogP contribution in [0.4, 0.5) is 0 Å². The number of unbranched alkanes of at least 4 members (excludes halogenated alkanes) is 3. The van der Waals surface area contributed by atoms with Gasteiger partial charge in [-0.05, 0) is 39.0 Å². The molecule has 0 aliphatic heterocycles. The molecule has 0 aromatic carbocycles. The van der Waals surface area contributed by atoms with E-state index in [-0.39, 0.29) is 0 Å². The highest BCUT2D eigenvalue weighted by Crippen LogP contribution is 2.04. The summed E-state index contributed by atoms with van der Waals surface area (Å²) in [5.74, 6) is 0. The molecule has 0 rings (SSSR count). The van der Waals surface area contributed by atoms with E-state index in [1.54, 1.807) is 0 Å². The van der Waals surface area contributed by atoms with Gasteiger partial charge in [-0.15, -0.1) is 0 Å². The van der Waals surface area contributed by atoms with E-state index in [4.69, 9.17) is 0 Å². The van der Waals surface area contributed by atoms with E-state index in [1.165, 1.54) is 44.1 Å². The van der Waals surface area contributed by atoms with E-state index in [0.717, 1.165) is 0 Å². The van der Waals surface area contributed by atoms with Crippen molar-refractivity contribution >= 4 is 0 Å². The maximum Gasteiger partial charge on any atom is -0.0345 e. The third kappa shape index (κ3) is 9.39. The molecule has 0 atom stereocenters. The van der Waals surface area contributed by atoms with Crippen LogP contribution in [0.3, 0.4) is 0 Å². The van der Waals surface area contributed by atoms with Crippen molar-refractivity contribution in [2.24, 2.45) is 0 Å². The summed E-state index contributed by atoms with van der Waals surface area (Å²) in [6.45, 7) is 6.65. The van der Waals surface area contributed by atoms with Crippen LogP contribution in [0.2, 0.25) is 0 Å². The molecule has 0 saturated heterocycles. The van der Waals surface area contributed by atoms with Crippen LogP contribution in [0.25, 0.3) is 0 Å². The van der Waals surface area contributed by atoms with Crippen molar-refractivity contribution in [3.63, 3.8) is 0 Å². The van der Waals surface area contributed by atoms with Gasteiger partial charge in [-0.3, -0.25) is 0 Å². The Morgan fingerprint density at radius 2 is 1.69 bits per heavy atom. The summed E-state index contributed by atoms with van der Waals surface area (Å²) in [6, 6.07) is 0. The van der Waals surface area contributed by atoms with Crippen LogP contribution in [0, 0.1) is 0 Å². The molecule has 0 heteroatoms. The quantitative estimate of drug-likeness (QED) is 0.387. The molecule has 0 nitrogen and oxygen atoms in total. The van der Waals surface area contributed by atoms with Crippen molar-refractivity contribution in [2.75, 3.05) is 0 Å². The zero-order valence-corrected chi connectivity index (χ0v) is 9.47. The topological polar surface area (TPSA) is 0 Å². The van der Waals surface area contributed by atoms with Gasteiger partial charge in [0, 0.05) is 0 Å². The van der Waals surface area contributed by atoms with Crippen molar-refractivity contribution in [3.05, 3.63) is 23.8 Å². The monoisotopic (exact) mass is 180 g/mol. The Labute approximate surface area is 83.7 Å². The Balaban J connectivity index is 3.26. The molecule has 76 valence electrons. The number of hydrogen-bond donors (Lipinski definition) is 0. The minimum absolute atomic E-state index is 1.20. The highest BCUT2D eigenvalue weighted by molar-refractivity contribution is 4.96. The number of allylic oxidation sites excluding steroid dienone is 4. The van der Waals surface area contributed by atoms with Gasteiger partial charge >= 0.3 is 0 Å². The minimum Gasteiger partial charge on any atom is -0.0885 e. The Hall–Kier alpha value is -0.520.